The van der Waals surface area contributed by atoms with Crippen LogP contribution in [0.3, 0.4) is 0 Å². The first-order chi connectivity index (χ1) is 11.4. The van der Waals surface area contributed by atoms with Crippen LogP contribution in [0.4, 0.5) is 8.78 Å². The number of hydrogen-bond donors (Lipinski definition) is 1. The van der Waals surface area contributed by atoms with E-state index in [4.69, 9.17) is 16.3 Å². The van der Waals surface area contributed by atoms with Crippen molar-refractivity contribution in [2.45, 2.75) is 4.90 Å². The van der Waals surface area contributed by atoms with Gasteiger partial charge in [-0.15, -0.1) is 0 Å². The summed E-state index contributed by atoms with van der Waals surface area (Å²) in [5, 5.41) is 0.438. The van der Waals surface area contributed by atoms with Crippen molar-refractivity contribution in [3.05, 3.63) is 59.1 Å². The molecule has 0 saturated carbocycles. The molecule has 24 heavy (non-hydrogen) atoms. The zero-order chi connectivity index (χ0) is 17.6. The van der Waals surface area contributed by atoms with Gasteiger partial charge >= 0.3 is 0 Å². The molecule has 2 rings (SSSR count). The molecule has 1 N–H and O–H groups in total. The Morgan fingerprint density at radius 3 is 2.42 bits per heavy atom. The first kappa shape index (κ1) is 18.2. The van der Waals surface area contributed by atoms with Gasteiger partial charge in [-0.05, 0) is 24.3 Å². The van der Waals surface area contributed by atoms with Gasteiger partial charge in [0.25, 0.3) is 0 Å². The summed E-state index contributed by atoms with van der Waals surface area (Å²) in [5.74, 6) is 3.64. The predicted molar refractivity (Wildman–Crippen MR) is 86.3 cm³/mol. The van der Waals surface area contributed by atoms with Crippen LogP contribution in [0.15, 0.2) is 47.4 Å². The molecule has 8 heteroatoms. The molecule has 0 atom stereocenters. The number of rotatable bonds is 5. The highest BCUT2D eigenvalue weighted by Gasteiger charge is 2.15. The molecule has 0 aliphatic heterocycles. The van der Waals surface area contributed by atoms with Crippen molar-refractivity contribution >= 4 is 21.6 Å². The Balaban J connectivity index is 1.89. The number of nitrogens with one attached hydrogen (secondary N) is 1. The first-order valence-corrected chi connectivity index (χ1v) is 8.53. The lowest BCUT2D eigenvalue weighted by Gasteiger charge is -2.04. The van der Waals surface area contributed by atoms with Crippen LogP contribution in [0.1, 0.15) is 0 Å². The van der Waals surface area contributed by atoms with E-state index >= 15 is 0 Å². The van der Waals surface area contributed by atoms with Crippen LogP contribution in [0.5, 0.6) is 5.75 Å². The van der Waals surface area contributed by atoms with E-state index in [0.29, 0.717) is 16.8 Å². The van der Waals surface area contributed by atoms with Gasteiger partial charge in [0.2, 0.25) is 10.0 Å². The van der Waals surface area contributed by atoms with Gasteiger partial charge in [-0.1, -0.05) is 35.6 Å². The van der Waals surface area contributed by atoms with Crippen molar-refractivity contribution in [2.75, 3.05) is 13.2 Å². The lowest BCUT2D eigenvalue weighted by molar-refractivity contribution is 0.370. The minimum atomic E-state index is -4.05. The van der Waals surface area contributed by atoms with Crippen molar-refractivity contribution in [1.29, 1.82) is 0 Å². The quantitative estimate of drug-likeness (QED) is 0.822. The molecule has 0 aliphatic carbocycles. The third-order valence-electron chi connectivity index (χ3n) is 2.76. The number of hydrogen-bond acceptors (Lipinski definition) is 3. The highest BCUT2D eigenvalue weighted by atomic mass is 35.5. The molecule has 0 fully saturated rings. The van der Waals surface area contributed by atoms with E-state index in [1.54, 1.807) is 24.3 Å². The molecule has 0 bridgehead atoms. The molecule has 0 unspecified atom stereocenters. The van der Waals surface area contributed by atoms with Crippen LogP contribution in [0.2, 0.25) is 5.02 Å². The van der Waals surface area contributed by atoms with E-state index in [1.165, 1.54) is 0 Å². The van der Waals surface area contributed by atoms with Gasteiger partial charge in [0.05, 0.1) is 16.5 Å². The summed E-state index contributed by atoms with van der Waals surface area (Å²) >= 11 is 5.89. The maximum Gasteiger partial charge on any atom is 0.241 e. The van der Waals surface area contributed by atoms with Gasteiger partial charge in [-0.3, -0.25) is 0 Å². The van der Waals surface area contributed by atoms with E-state index in [2.05, 4.69) is 16.6 Å². The predicted octanol–water partition coefficient (Wildman–Crippen LogP) is 2.98. The summed E-state index contributed by atoms with van der Waals surface area (Å²) in [6, 6.07) is 8.87. The Labute approximate surface area is 143 Å². The fourth-order valence-electron chi connectivity index (χ4n) is 1.69. The van der Waals surface area contributed by atoms with Crippen molar-refractivity contribution in [3.8, 4) is 17.6 Å². The molecular formula is C16H12ClF2NO3S. The monoisotopic (exact) mass is 371 g/mol. The highest BCUT2D eigenvalue weighted by Crippen LogP contribution is 2.22. The molecule has 0 amide bonds. The molecule has 0 saturated heterocycles. The van der Waals surface area contributed by atoms with Gasteiger partial charge in [-0.2, -0.15) is 4.72 Å². The van der Waals surface area contributed by atoms with E-state index < -0.39 is 26.6 Å². The van der Waals surface area contributed by atoms with E-state index in [9.17, 15) is 17.2 Å². The van der Waals surface area contributed by atoms with Crippen LogP contribution in [-0.4, -0.2) is 21.6 Å². The minimum Gasteiger partial charge on any atom is -0.479 e. The van der Waals surface area contributed by atoms with Gasteiger partial charge in [0, 0.05) is 6.07 Å². The fourth-order valence-corrected chi connectivity index (χ4v) is 2.84. The molecule has 126 valence electrons. The lowest BCUT2D eigenvalue weighted by Crippen LogP contribution is -2.24. The fraction of sp³-hybridized carbons (Fsp3) is 0.125. The average molecular weight is 372 g/mol. The number of sulfonamides is 1. The lowest BCUT2D eigenvalue weighted by atomic mass is 10.3. The summed E-state index contributed by atoms with van der Waals surface area (Å²) in [7, 11) is -4.05. The third-order valence-corrected chi connectivity index (χ3v) is 4.45. The minimum absolute atomic E-state index is 0.0139. The number of ether oxygens (including phenoxy) is 1. The van der Waals surface area contributed by atoms with Crippen molar-refractivity contribution in [2.24, 2.45) is 0 Å². The highest BCUT2D eigenvalue weighted by molar-refractivity contribution is 7.89. The van der Waals surface area contributed by atoms with E-state index in [-0.39, 0.29) is 13.2 Å². The zero-order valence-electron chi connectivity index (χ0n) is 12.2. The largest absolute Gasteiger partial charge is 0.479 e. The smallest absolute Gasteiger partial charge is 0.241 e. The Kier molecular flexibility index (Phi) is 6.15. The van der Waals surface area contributed by atoms with Crippen molar-refractivity contribution in [1.82, 2.24) is 4.72 Å². The van der Waals surface area contributed by atoms with Crippen LogP contribution in [0.25, 0.3) is 0 Å². The van der Waals surface area contributed by atoms with Crippen LogP contribution in [0, 0.1) is 23.5 Å². The number of halogens is 3. The van der Waals surface area contributed by atoms with Crippen LogP contribution < -0.4 is 9.46 Å². The van der Waals surface area contributed by atoms with Gasteiger partial charge in [-0.25, -0.2) is 17.2 Å². The Morgan fingerprint density at radius 2 is 1.75 bits per heavy atom. The van der Waals surface area contributed by atoms with E-state index in [1.807, 2.05) is 0 Å². The maximum absolute atomic E-state index is 13.1. The summed E-state index contributed by atoms with van der Waals surface area (Å²) in [4.78, 5) is -0.505. The van der Waals surface area contributed by atoms with Gasteiger partial charge in [0.1, 0.15) is 24.0 Å². The molecule has 0 aromatic heterocycles. The number of benzene rings is 2. The summed E-state index contributed by atoms with van der Waals surface area (Å²) in [6.07, 6.45) is 0. The number of para-hydroxylation sites is 1. The van der Waals surface area contributed by atoms with Crippen molar-refractivity contribution in [3.63, 3.8) is 0 Å². The molecule has 2 aromatic rings. The first-order valence-electron chi connectivity index (χ1n) is 6.67. The average Bonchev–Trinajstić information content (AvgIpc) is 2.51. The standard InChI is InChI=1S/C16H12ClF2NO3S/c17-15-5-1-2-6-16(15)23-8-4-3-7-20-24(21,22)14-10-12(18)9-13(19)11-14/h1-2,5-6,9-11,20H,7-8H2. The zero-order valence-corrected chi connectivity index (χ0v) is 13.8. The van der Waals surface area contributed by atoms with Gasteiger partial charge in [0.15, 0.2) is 0 Å². The topological polar surface area (TPSA) is 55.4 Å². The third kappa shape index (κ3) is 5.20. The summed E-state index contributed by atoms with van der Waals surface area (Å²) in [5.41, 5.74) is 0. The normalized spacial score (nSPS) is 10.8. The Morgan fingerprint density at radius 1 is 1.08 bits per heavy atom. The summed E-state index contributed by atoms with van der Waals surface area (Å²) in [6.45, 7) is -0.216. The molecule has 0 radical (unpaired) electrons. The molecule has 0 heterocycles. The van der Waals surface area contributed by atoms with Crippen LogP contribution >= 0.6 is 11.6 Å². The second-order valence-corrected chi connectivity index (χ2v) is 6.68. The Bertz CT molecular complexity index is 871. The maximum atomic E-state index is 13.1. The molecular weight excluding hydrogens is 360 g/mol. The molecule has 0 spiro atoms. The Hall–Kier alpha value is -2.14. The second-order valence-electron chi connectivity index (χ2n) is 4.50. The molecule has 2 aromatic carbocycles. The van der Waals surface area contributed by atoms with Gasteiger partial charge < -0.3 is 4.74 Å². The van der Waals surface area contributed by atoms with Crippen molar-refractivity contribution < 1.29 is 21.9 Å². The van der Waals surface area contributed by atoms with E-state index in [0.717, 1.165) is 12.1 Å². The SMILES string of the molecule is O=S(=O)(NCC#CCOc1ccccc1Cl)c1cc(F)cc(F)c1. The molecule has 4 nitrogen and oxygen atoms in total. The summed E-state index contributed by atoms with van der Waals surface area (Å²) < 4.78 is 57.3. The molecule has 0 aliphatic rings. The second kappa shape index (κ2) is 8.11. The van der Waals surface area contributed by atoms with Crippen LogP contribution in [-0.2, 0) is 10.0 Å².